The summed E-state index contributed by atoms with van der Waals surface area (Å²) in [5, 5.41) is 9.88. The molecule has 0 aromatic rings. The quantitative estimate of drug-likeness (QED) is 0.417. The normalized spacial score (nSPS) is 18.1. The van der Waals surface area contributed by atoms with E-state index in [1.807, 2.05) is 0 Å². The molecule has 0 fully saturated rings. The Morgan fingerprint density at radius 2 is 1.80 bits per heavy atom. The molecule has 4 nitrogen and oxygen atoms in total. The van der Waals surface area contributed by atoms with Crippen molar-refractivity contribution in [1.82, 2.24) is 0 Å². The van der Waals surface area contributed by atoms with Gasteiger partial charge in [-0.25, -0.2) is 4.79 Å². The van der Waals surface area contributed by atoms with Gasteiger partial charge in [-0.1, -0.05) is 39.0 Å². The number of ketones is 1. The first-order valence-electron chi connectivity index (χ1n) is 7.56. The first-order chi connectivity index (χ1) is 9.37. The zero-order chi connectivity index (χ0) is 15.2. The predicted octanol–water partition coefficient (Wildman–Crippen LogP) is 3.84. The predicted molar refractivity (Wildman–Crippen MR) is 77.4 cm³/mol. The minimum atomic E-state index is -0.731. The molecule has 1 aliphatic heterocycles. The molecule has 0 radical (unpaired) electrons. The molecule has 1 aliphatic rings. The lowest BCUT2D eigenvalue weighted by atomic mass is 9.94. The molecule has 0 saturated carbocycles. The van der Waals surface area contributed by atoms with E-state index < -0.39 is 11.6 Å². The topological polar surface area (TPSA) is 63.6 Å². The number of esters is 1. The summed E-state index contributed by atoms with van der Waals surface area (Å²) in [6.45, 7) is 5.60. The third kappa shape index (κ3) is 4.99. The molecular weight excluding hydrogens is 256 g/mol. The van der Waals surface area contributed by atoms with Gasteiger partial charge in [0.2, 0.25) is 0 Å². The summed E-state index contributed by atoms with van der Waals surface area (Å²) in [6, 6.07) is 0. The highest BCUT2D eigenvalue weighted by molar-refractivity contribution is 6.18. The largest absolute Gasteiger partial charge is 0.511 e. The van der Waals surface area contributed by atoms with Crippen LogP contribution < -0.4 is 0 Å². The third-order valence-corrected chi connectivity index (χ3v) is 3.49. The molecule has 0 aromatic heterocycles. The van der Waals surface area contributed by atoms with Crippen LogP contribution in [-0.2, 0) is 14.3 Å². The van der Waals surface area contributed by atoms with Crippen LogP contribution in [0.2, 0.25) is 0 Å². The van der Waals surface area contributed by atoms with E-state index in [9.17, 15) is 14.7 Å². The van der Waals surface area contributed by atoms with Crippen molar-refractivity contribution in [2.75, 3.05) is 0 Å². The number of hydrogen-bond acceptors (Lipinski definition) is 4. The molecule has 0 unspecified atom stereocenters. The maximum absolute atomic E-state index is 12.0. The van der Waals surface area contributed by atoms with Gasteiger partial charge >= 0.3 is 5.97 Å². The lowest BCUT2D eigenvalue weighted by Crippen LogP contribution is -2.36. The van der Waals surface area contributed by atoms with E-state index in [2.05, 4.69) is 6.92 Å². The van der Waals surface area contributed by atoms with Crippen molar-refractivity contribution < 1.29 is 19.4 Å². The number of rotatable bonds is 8. The number of cyclic esters (lactones) is 1. The van der Waals surface area contributed by atoms with Crippen molar-refractivity contribution in [1.29, 1.82) is 0 Å². The molecule has 1 heterocycles. The van der Waals surface area contributed by atoms with Crippen molar-refractivity contribution in [3.8, 4) is 0 Å². The minimum absolute atomic E-state index is 0.123. The second-order valence-electron chi connectivity index (χ2n) is 6.09. The number of unbranched alkanes of at least 4 members (excludes halogenated alkanes) is 5. The van der Waals surface area contributed by atoms with Crippen molar-refractivity contribution in [3.05, 3.63) is 11.3 Å². The van der Waals surface area contributed by atoms with Gasteiger partial charge in [0.1, 0.15) is 16.9 Å². The summed E-state index contributed by atoms with van der Waals surface area (Å²) in [7, 11) is 0. The molecular formula is C16H26O4. The summed E-state index contributed by atoms with van der Waals surface area (Å²) in [5.74, 6) is -1.10. The zero-order valence-electron chi connectivity index (χ0n) is 12.8. The smallest absolute Gasteiger partial charge is 0.345 e. The van der Waals surface area contributed by atoms with Crippen molar-refractivity contribution in [2.24, 2.45) is 0 Å². The van der Waals surface area contributed by atoms with Crippen LogP contribution in [0.25, 0.3) is 0 Å². The fourth-order valence-electron chi connectivity index (χ4n) is 2.41. The Morgan fingerprint density at radius 3 is 2.40 bits per heavy atom. The molecule has 0 spiro atoms. The Hall–Kier alpha value is -1.32. The first-order valence-corrected chi connectivity index (χ1v) is 7.56. The molecule has 0 atom stereocenters. The van der Waals surface area contributed by atoms with Gasteiger partial charge in [0.25, 0.3) is 0 Å². The highest BCUT2D eigenvalue weighted by Crippen LogP contribution is 2.29. The van der Waals surface area contributed by atoms with Gasteiger partial charge in [-0.05, 0) is 20.3 Å². The summed E-state index contributed by atoms with van der Waals surface area (Å²) in [6.07, 6.45) is 6.98. The van der Waals surface area contributed by atoms with E-state index in [-0.39, 0.29) is 23.5 Å². The van der Waals surface area contributed by atoms with Crippen LogP contribution in [0.15, 0.2) is 11.3 Å². The standard InChI is InChI=1S/C16H26O4/c1-4-5-6-7-8-9-10-12(17)14-13(18)11-16(2,3)20-15(14)19/h18H,4-11H2,1-3H3. The molecule has 114 valence electrons. The van der Waals surface area contributed by atoms with E-state index in [4.69, 9.17) is 4.74 Å². The number of Topliss-reactive ketones (excluding diaryl/α,β-unsaturated/α-hetero) is 1. The molecule has 0 aromatic carbocycles. The van der Waals surface area contributed by atoms with Gasteiger partial charge < -0.3 is 9.84 Å². The van der Waals surface area contributed by atoms with E-state index in [0.717, 1.165) is 19.3 Å². The van der Waals surface area contributed by atoms with E-state index in [1.54, 1.807) is 13.8 Å². The van der Waals surface area contributed by atoms with Crippen LogP contribution in [0.4, 0.5) is 0 Å². The van der Waals surface area contributed by atoms with Gasteiger partial charge in [0, 0.05) is 12.8 Å². The van der Waals surface area contributed by atoms with Crippen LogP contribution in [0.1, 0.15) is 72.1 Å². The maximum Gasteiger partial charge on any atom is 0.345 e. The summed E-state index contributed by atoms with van der Waals surface area (Å²) < 4.78 is 5.16. The Morgan fingerprint density at radius 1 is 1.20 bits per heavy atom. The Kier molecular flexibility index (Phi) is 6.24. The number of hydrogen-bond donors (Lipinski definition) is 1. The van der Waals surface area contributed by atoms with Gasteiger partial charge in [0.15, 0.2) is 5.78 Å². The number of aliphatic hydroxyl groups is 1. The average Bonchev–Trinajstić information content (AvgIpc) is 2.31. The molecule has 0 amide bonds. The number of ether oxygens (including phenoxy) is 1. The number of aliphatic hydroxyl groups excluding tert-OH is 1. The first kappa shape index (κ1) is 16.7. The highest BCUT2D eigenvalue weighted by atomic mass is 16.6. The Balaban J connectivity index is 2.45. The number of carbonyl (C=O) groups excluding carboxylic acids is 2. The van der Waals surface area contributed by atoms with Crippen molar-refractivity contribution >= 4 is 11.8 Å². The van der Waals surface area contributed by atoms with Crippen LogP contribution in [-0.4, -0.2) is 22.5 Å². The van der Waals surface area contributed by atoms with Crippen LogP contribution in [0.5, 0.6) is 0 Å². The van der Waals surface area contributed by atoms with Gasteiger partial charge in [-0.3, -0.25) is 4.79 Å². The van der Waals surface area contributed by atoms with E-state index >= 15 is 0 Å². The van der Waals surface area contributed by atoms with Crippen LogP contribution >= 0.6 is 0 Å². The molecule has 1 rings (SSSR count). The fraction of sp³-hybridized carbons (Fsp3) is 0.750. The lowest BCUT2D eigenvalue weighted by molar-refractivity contribution is -0.155. The summed E-state index contributed by atoms with van der Waals surface area (Å²) in [4.78, 5) is 23.8. The van der Waals surface area contributed by atoms with Gasteiger partial charge in [-0.2, -0.15) is 0 Å². The van der Waals surface area contributed by atoms with Gasteiger partial charge in [-0.15, -0.1) is 0 Å². The molecule has 20 heavy (non-hydrogen) atoms. The van der Waals surface area contributed by atoms with Crippen molar-refractivity contribution in [2.45, 2.75) is 77.7 Å². The minimum Gasteiger partial charge on any atom is -0.511 e. The molecule has 1 N–H and O–H groups in total. The second kappa shape index (κ2) is 7.46. The second-order valence-corrected chi connectivity index (χ2v) is 6.09. The molecule has 0 aliphatic carbocycles. The van der Waals surface area contributed by atoms with Crippen LogP contribution in [0.3, 0.4) is 0 Å². The number of carbonyl (C=O) groups is 2. The zero-order valence-corrected chi connectivity index (χ0v) is 12.8. The average molecular weight is 282 g/mol. The highest BCUT2D eigenvalue weighted by Gasteiger charge is 2.37. The van der Waals surface area contributed by atoms with E-state index in [0.29, 0.717) is 6.42 Å². The molecule has 0 bridgehead atoms. The monoisotopic (exact) mass is 282 g/mol. The third-order valence-electron chi connectivity index (χ3n) is 3.49. The summed E-state index contributed by atoms with van der Waals surface area (Å²) >= 11 is 0. The van der Waals surface area contributed by atoms with Crippen LogP contribution in [0, 0.1) is 0 Å². The Labute approximate surface area is 121 Å². The maximum atomic E-state index is 12.0. The fourth-order valence-corrected chi connectivity index (χ4v) is 2.41. The van der Waals surface area contributed by atoms with Crippen molar-refractivity contribution in [3.63, 3.8) is 0 Å². The molecule has 0 saturated heterocycles. The van der Waals surface area contributed by atoms with Gasteiger partial charge in [0.05, 0.1) is 0 Å². The Bertz CT molecular complexity index is 393. The SMILES string of the molecule is CCCCCCCCC(=O)C1=C(O)CC(C)(C)OC1=O. The lowest BCUT2D eigenvalue weighted by Gasteiger charge is -2.29. The summed E-state index contributed by atoms with van der Waals surface area (Å²) in [5.41, 5.74) is -0.872. The van der Waals surface area contributed by atoms with E-state index in [1.165, 1.54) is 19.3 Å². The molecule has 4 heteroatoms.